The average molecular weight is 342 g/mol. The van der Waals surface area contributed by atoms with Gasteiger partial charge in [0.1, 0.15) is 17.0 Å². The molecule has 0 spiro atoms. The first-order valence-electron chi connectivity index (χ1n) is 8.83. The van der Waals surface area contributed by atoms with Gasteiger partial charge in [-0.3, -0.25) is 9.30 Å². The quantitative estimate of drug-likeness (QED) is 0.713. The molecule has 1 aliphatic carbocycles. The van der Waals surface area contributed by atoms with Crippen molar-refractivity contribution >= 4 is 27.2 Å². The lowest BCUT2D eigenvalue weighted by molar-refractivity contribution is 0.145. The molecule has 2 aliphatic rings. The number of aromatic nitrogens is 4. The number of rotatable bonds is 2. The molecule has 4 heterocycles. The summed E-state index contributed by atoms with van der Waals surface area (Å²) in [6, 6.07) is 0. The fourth-order valence-corrected chi connectivity index (χ4v) is 5.22. The highest BCUT2D eigenvalue weighted by atomic mass is 32.1. The van der Waals surface area contributed by atoms with Crippen LogP contribution >= 0.6 is 11.3 Å². The van der Waals surface area contributed by atoms with E-state index in [1.807, 2.05) is 17.7 Å². The number of fused-ring (bicyclic) bond motifs is 5. The van der Waals surface area contributed by atoms with E-state index in [1.165, 1.54) is 35.1 Å². The van der Waals surface area contributed by atoms with Crippen molar-refractivity contribution in [3.8, 4) is 0 Å². The summed E-state index contributed by atoms with van der Waals surface area (Å²) in [4.78, 5) is 12.6. The van der Waals surface area contributed by atoms with Gasteiger partial charge >= 0.3 is 0 Å². The highest BCUT2D eigenvalue weighted by molar-refractivity contribution is 7.19. The first kappa shape index (κ1) is 14.7. The van der Waals surface area contributed by atoms with Crippen molar-refractivity contribution in [2.45, 2.75) is 32.2 Å². The normalized spacial score (nSPS) is 20.0. The van der Waals surface area contributed by atoms with E-state index in [9.17, 15) is 0 Å². The highest BCUT2D eigenvalue weighted by Crippen LogP contribution is 2.37. The molecule has 1 fully saturated rings. The van der Waals surface area contributed by atoms with Gasteiger partial charge in [0.25, 0.3) is 0 Å². The van der Waals surface area contributed by atoms with Gasteiger partial charge in [0.05, 0.1) is 11.9 Å². The summed E-state index contributed by atoms with van der Waals surface area (Å²) < 4.78 is 2.11. The average Bonchev–Trinajstić information content (AvgIpc) is 3.20. The zero-order valence-corrected chi connectivity index (χ0v) is 14.8. The molecule has 7 heteroatoms. The summed E-state index contributed by atoms with van der Waals surface area (Å²) in [7, 11) is 2.19. The van der Waals surface area contributed by atoms with Crippen LogP contribution in [0.3, 0.4) is 0 Å². The molecule has 0 amide bonds. The van der Waals surface area contributed by atoms with E-state index in [4.69, 9.17) is 4.98 Å². The van der Waals surface area contributed by atoms with E-state index in [0.717, 1.165) is 55.4 Å². The molecule has 3 aromatic heterocycles. The van der Waals surface area contributed by atoms with Crippen LogP contribution in [0.1, 0.15) is 29.1 Å². The fraction of sp³-hybridized carbons (Fsp3) is 0.588. The standard InChI is InChI=1S/C17H22N6S/c1-21-6-8-22(9-7-21)10-14-19-17-15(16-20-18-11-23(14)16)12-4-2-3-5-13(12)24-17/h11H,2-10H2,1H3. The minimum Gasteiger partial charge on any atom is -0.304 e. The maximum absolute atomic E-state index is 5.04. The van der Waals surface area contributed by atoms with Crippen molar-refractivity contribution in [2.75, 3.05) is 33.2 Å². The van der Waals surface area contributed by atoms with Gasteiger partial charge in [0.2, 0.25) is 0 Å². The molecule has 0 N–H and O–H groups in total. The molecule has 0 radical (unpaired) electrons. The maximum atomic E-state index is 5.04. The largest absolute Gasteiger partial charge is 0.304 e. The van der Waals surface area contributed by atoms with Crippen molar-refractivity contribution in [1.29, 1.82) is 0 Å². The second kappa shape index (κ2) is 5.75. The Bertz CT molecular complexity index is 889. The van der Waals surface area contributed by atoms with E-state index in [0.29, 0.717) is 0 Å². The third-order valence-electron chi connectivity index (χ3n) is 5.39. The Hall–Kier alpha value is -1.57. The first-order valence-corrected chi connectivity index (χ1v) is 9.65. The van der Waals surface area contributed by atoms with Crippen LogP contribution in [-0.4, -0.2) is 62.6 Å². The molecule has 5 rings (SSSR count). The molecular weight excluding hydrogens is 320 g/mol. The Morgan fingerprint density at radius 3 is 2.83 bits per heavy atom. The molecule has 3 aromatic rings. The van der Waals surface area contributed by atoms with Crippen LogP contribution in [0, 0.1) is 0 Å². The van der Waals surface area contributed by atoms with Gasteiger partial charge in [0.15, 0.2) is 5.65 Å². The second-order valence-electron chi connectivity index (χ2n) is 7.02. The number of hydrogen-bond donors (Lipinski definition) is 0. The number of aryl methyl sites for hydroxylation is 2. The molecule has 24 heavy (non-hydrogen) atoms. The predicted molar refractivity (Wildman–Crippen MR) is 95.6 cm³/mol. The molecule has 0 saturated carbocycles. The zero-order chi connectivity index (χ0) is 16.1. The number of thiophene rings is 1. The lowest BCUT2D eigenvalue weighted by Gasteiger charge is -2.32. The molecule has 0 atom stereocenters. The summed E-state index contributed by atoms with van der Waals surface area (Å²) in [5, 5.41) is 9.90. The van der Waals surface area contributed by atoms with Crippen LogP contribution in [0.4, 0.5) is 0 Å². The Morgan fingerprint density at radius 2 is 1.96 bits per heavy atom. The summed E-state index contributed by atoms with van der Waals surface area (Å²) in [5.74, 6) is 1.07. The minimum atomic E-state index is 0.876. The van der Waals surface area contributed by atoms with Crippen LogP contribution < -0.4 is 0 Å². The predicted octanol–water partition coefficient (Wildman–Crippen LogP) is 1.97. The SMILES string of the molecule is CN1CCN(Cc2nc3sc4c(c3c3nncn23)CCCC4)CC1. The Kier molecular flexibility index (Phi) is 3.53. The fourth-order valence-electron chi connectivity index (χ4n) is 3.94. The molecule has 0 unspecified atom stereocenters. The van der Waals surface area contributed by atoms with Gasteiger partial charge in [-0.2, -0.15) is 0 Å². The molecule has 0 bridgehead atoms. The minimum absolute atomic E-state index is 0.876. The van der Waals surface area contributed by atoms with Gasteiger partial charge in [-0.1, -0.05) is 0 Å². The third-order valence-corrected chi connectivity index (χ3v) is 6.58. The van der Waals surface area contributed by atoms with Gasteiger partial charge in [-0.25, -0.2) is 4.98 Å². The Balaban J connectivity index is 1.59. The molecule has 0 aromatic carbocycles. The third kappa shape index (κ3) is 2.34. The van der Waals surface area contributed by atoms with Crippen molar-refractivity contribution in [3.05, 3.63) is 22.6 Å². The lowest BCUT2D eigenvalue weighted by Crippen LogP contribution is -2.44. The van der Waals surface area contributed by atoms with Crippen LogP contribution in [0.25, 0.3) is 15.9 Å². The van der Waals surface area contributed by atoms with Gasteiger partial charge < -0.3 is 4.90 Å². The maximum Gasteiger partial charge on any atom is 0.172 e. The number of hydrogen-bond acceptors (Lipinski definition) is 6. The molecule has 1 saturated heterocycles. The van der Waals surface area contributed by atoms with Crippen molar-refractivity contribution in [1.82, 2.24) is 29.4 Å². The monoisotopic (exact) mass is 342 g/mol. The molecular formula is C17H22N6S. The van der Waals surface area contributed by atoms with E-state index < -0.39 is 0 Å². The van der Waals surface area contributed by atoms with Crippen LogP contribution in [0.2, 0.25) is 0 Å². The van der Waals surface area contributed by atoms with E-state index in [-0.39, 0.29) is 0 Å². The zero-order valence-electron chi connectivity index (χ0n) is 14.0. The van der Waals surface area contributed by atoms with Gasteiger partial charge in [-0.15, -0.1) is 21.5 Å². The van der Waals surface area contributed by atoms with Crippen LogP contribution in [0.15, 0.2) is 6.33 Å². The Morgan fingerprint density at radius 1 is 1.12 bits per heavy atom. The van der Waals surface area contributed by atoms with E-state index >= 15 is 0 Å². The summed E-state index contributed by atoms with van der Waals surface area (Å²) in [6.07, 6.45) is 6.78. The summed E-state index contributed by atoms with van der Waals surface area (Å²) in [5.41, 5.74) is 2.49. The summed E-state index contributed by atoms with van der Waals surface area (Å²) >= 11 is 1.88. The van der Waals surface area contributed by atoms with Crippen LogP contribution in [0.5, 0.6) is 0 Å². The molecule has 1 aliphatic heterocycles. The van der Waals surface area contributed by atoms with Crippen molar-refractivity contribution in [3.63, 3.8) is 0 Å². The second-order valence-corrected chi connectivity index (χ2v) is 8.11. The van der Waals surface area contributed by atoms with Gasteiger partial charge in [-0.05, 0) is 38.3 Å². The van der Waals surface area contributed by atoms with E-state index in [2.05, 4.69) is 31.4 Å². The molecule has 6 nitrogen and oxygen atoms in total. The Labute approximate surface area is 145 Å². The van der Waals surface area contributed by atoms with Gasteiger partial charge in [0, 0.05) is 31.1 Å². The topological polar surface area (TPSA) is 49.6 Å². The van der Waals surface area contributed by atoms with Crippen molar-refractivity contribution < 1.29 is 0 Å². The van der Waals surface area contributed by atoms with Crippen molar-refractivity contribution in [2.24, 2.45) is 0 Å². The summed E-state index contributed by atoms with van der Waals surface area (Å²) in [6.45, 7) is 5.32. The van der Waals surface area contributed by atoms with E-state index in [1.54, 1.807) is 0 Å². The number of nitrogens with zero attached hydrogens (tertiary/aromatic N) is 6. The number of likely N-dealkylation sites (N-methyl/N-ethyl adjacent to an activating group) is 1. The smallest absolute Gasteiger partial charge is 0.172 e. The first-order chi connectivity index (χ1) is 11.8. The lowest BCUT2D eigenvalue weighted by atomic mass is 9.97. The highest BCUT2D eigenvalue weighted by Gasteiger charge is 2.23. The molecule has 126 valence electrons. The number of piperazine rings is 1. The van der Waals surface area contributed by atoms with Crippen LogP contribution in [-0.2, 0) is 19.4 Å².